The second kappa shape index (κ2) is 6.70. The number of rotatable bonds is 6. The Hall–Kier alpha value is -0.630. The third-order valence-corrected chi connectivity index (χ3v) is 7.09. The molecule has 1 unspecified atom stereocenters. The Morgan fingerprint density at radius 1 is 1.30 bits per heavy atom. The molecule has 2 heteroatoms. The molecule has 0 aromatic heterocycles. The molecule has 132 valence electrons. The Bertz CT molecular complexity index is 449. The van der Waals surface area contributed by atoms with Crippen LogP contribution in [-0.2, 0) is 4.79 Å². The normalized spacial score (nSPS) is 36.1. The lowest BCUT2D eigenvalue weighted by Gasteiger charge is -2.58. The van der Waals surface area contributed by atoms with Gasteiger partial charge in [-0.3, -0.25) is 0 Å². The standard InChI is InChI=1S/C21H36O2/c1-16-8-9-18-19(2,3)11-6-13-21(18,5)17(16)10-14-20(4,23)12-7-15-22/h15,17-18,23H,1,6-14H2,2-5H3/t17?,18-,20-,21+/m0/s1. The van der Waals surface area contributed by atoms with E-state index in [2.05, 4.69) is 27.4 Å². The van der Waals surface area contributed by atoms with Gasteiger partial charge < -0.3 is 9.90 Å². The number of hydrogen-bond acceptors (Lipinski definition) is 2. The molecule has 2 rings (SSSR count). The molecule has 0 aromatic carbocycles. The van der Waals surface area contributed by atoms with Gasteiger partial charge in [0.05, 0.1) is 5.60 Å². The van der Waals surface area contributed by atoms with Crippen LogP contribution in [0.4, 0.5) is 0 Å². The van der Waals surface area contributed by atoms with Gasteiger partial charge in [-0.05, 0) is 74.5 Å². The first-order valence-electron chi connectivity index (χ1n) is 9.46. The number of carbonyl (C=O) groups excluding carboxylic acids is 1. The molecule has 0 bridgehead atoms. The highest BCUT2D eigenvalue weighted by Crippen LogP contribution is 2.61. The number of aliphatic hydroxyl groups is 1. The molecule has 2 aliphatic rings. The summed E-state index contributed by atoms with van der Waals surface area (Å²) < 4.78 is 0. The van der Waals surface area contributed by atoms with Gasteiger partial charge in [0, 0.05) is 6.42 Å². The molecule has 2 saturated carbocycles. The molecule has 2 fully saturated rings. The van der Waals surface area contributed by atoms with Crippen LogP contribution in [0.5, 0.6) is 0 Å². The van der Waals surface area contributed by atoms with Crippen LogP contribution in [0, 0.1) is 22.7 Å². The van der Waals surface area contributed by atoms with Crippen molar-refractivity contribution < 1.29 is 9.90 Å². The first-order chi connectivity index (χ1) is 10.6. The fraction of sp³-hybridized carbons (Fsp3) is 0.857. The van der Waals surface area contributed by atoms with Crippen molar-refractivity contribution in [1.29, 1.82) is 0 Å². The lowest BCUT2D eigenvalue weighted by molar-refractivity contribution is -0.109. The summed E-state index contributed by atoms with van der Waals surface area (Å²) in [7, 11) is 0. The van der Waals surface area contributed by atoms with Crippen LogP contribution >= 0.6 is 0 Å². The van der Waals surface area contributed by atoms with Gasteiger partial charge in [0.15, 0.2) is 0 Å². The predicted octanol–water partition coefficient (Wildman–Crippen LogP) is 5.30. The number of fused-ring (bicyclic) bond motifs is 1. The second-order valence-corrected chi connectivity index (χ2v) is 9.39. The van der Waals surface area contributed by atoms with Crippen molar-refractivity contribution in [2.45, 2.75) is 91.1 Å². The van der Waals surface area contributed by atoms with Gasteiger partial charge in [0.2, 0.25) is 0 Å². The quantitative estimate of drug-likeness (QED) is 0.533. The minimum absolute atomic E-state index is 0.331. The predicted molar refractivity (Wildman–Crippen MR) is 96.2 cm³/mol. The maximum Gasteiger partial charge on any atom is 0.120 e. The Morgan fingerprint density at radius 2 is 2.00 bits per heavy atom. The van der Waals surface area contributed by atoms with Crippen LogP contribution in [0.3, 0.4) is 0 Å². The van der Waals surface area contributed by atoms with E-state index in [4.69, 9.17) is 0 Å². The largest absolute Gasteiger partial charge is 0.390 e. The summed E-state index contributed by atoms with van der Waals surface area (Å²) in [6.45, 7) is 13.7. The van der Waals surface area contributed by atoms with Gasteiger partial charge in [0.1, 0.15) is 6.29 Å². The molecular formula is C21H36O2. The van der Waals surface area contributed by atoms with E-state index >= 15 is 0 Å². The number of allylic oxidation sites excluding steroid dienone is 1. The highest BCUT2D eigenvalue weighted by molar-refractivity contribution is 5.49. The Morgan fingerprint density at radius 3 is 2.65 bits per heavy atom. The maximum atomic E-state index is 10.6. The summed E-state index contributed by atoms with van der Waals surface area (Å²) >= 11 is 0. The number of aldehydes is 1. The molecule has 0 spiro atoms. The first kappa shape index (κ1) is 18.7. The lowest BCUT2D eigenvalue weighted by Crippen LogP contribution is -2.49. The Kier molecular flexibility index (Phi) is 5.45. The molecule has 1 N–H and O–H groups in total. The SMILES string of the molecule is C=C1CC[C@H]2C(C)(C)CCC[C@]2(C)C1CC[C@@](C)(O)CCC=O. The van der Waals surface area contributed by atoms with Crippen LogP contribution in [0.25, 0.3) is 0 Å². The second-order valence-electron chi connectivity index (χ2n) is 9.39. The highest BCUT2D eigenvalue weighted by Gasteiger charge is 2.52. The van der Waals surface area contributed by atoms with E-state index in [-0.39, 0.29) is 0 Å². The molecule has 4 atom stereocenters. The minimum Gasteiger partial charge on any atom is -0.390 e. The van der Waals surface area contributed by atoms with Crippen molar-refractivity contribution in [2.24, 2.45) is 22.7 Å². The zero-order chi connectivity index (χ0) is 17.3. The van der Waals surface area contributed by atoms with E-state index in [1.165, 1.54) is 31.3 Å². The minimum atomic E-state index is -0.728. The van der Waals surface area contributed by atoms with Gasteiger partial charge in [0.25, 0.3) is 0 Å². The molecule has 0 aromatic rings. The van der Waals surface area contributed by atoms with Crippen molar-refractivity contribution >= 4 is 6.29 Å². The highest BCUT2D eigenvalue weighted by atomic mass is 16.3. The van der Waals surface area contributed by atoms with Crippen LogP contribution in [0.2, 0.25) is 0 Å². The van der Waals surface area contributed by atoms with E-state index < -0.39 is 5.60 Å². The van der Waals surface area contributed by atoms with E-state index in [0.29, 0.717) is 29.6 Å². The number of hydrogen-bond donors (Lipinski definition) is 1. The van der Waals surface area contributed by atoms with E-state index in [9.17, 15) is 9.90 Å². The fourth-order valence-corrected chi connectivity index (χ4v) is 5.76. The molecule has 0 radical (unpaired) electrons. The van der Waals surface area contributed by atoms with Gasteiger partial charge >= 0.3 is 0 Å². The molecule has 0 amide bonds. The van der Waals surface area contributed by atoms with Crippen LogP contribution in [0.1, 0.15) is 85.5 Å². The van der Waals surface area contributed by atoms with Gasteiger partial charge in [-0.25, -0.2) is 0 Å². The van der Waals surface area contributed by atoms with E-state index in [0.717, 1.165) is 31.5 Å². The molecule has 2 aliphatic carbocycles. The molecule has 0 aliphatic heterocycles. The van der Waals surface area contributed by atoms with Crippen molar-refractivity contribution in [3.8, 4) is 0 Å². The van der Waals surface area contributed by atoms with Crippen LogP contribution in [0.15, 0.2) is 12.2 Å². The zero-order valence-corrected chi connectivity index (χ0v) is 15.7. The lowest BCUT2D eigenvalue weighted by atomic mass is 9.47. The van der Waals surface area contributed by atoms with Crippen molar-refractivity contribution in [1.82, 2.24) is 0 Å². The van der Waals surface area contributed by atoms with E-state index in [1.807, 2.05) is 6.92 Å². The first-order valence-corrected chi connectivity index (χ1v) is 9.46. The molecular weight excluding hydrogens is 284 g/mol. The maximum absolute atomic E-state index is 10.6. The summed E-state index contributed by atoms with van der Waals surface area (Å²) in [5.41, 5.74) is 1.42. The summed E-state index contributed by atoms with van der Waals surface area (Å²) in [4.78, 5) is 10.6. The average molecular weight is 321 g/mol. The average Bonchev–Trinajstić information content (AvgIpc) is 2.43. The fourth-order valence-electron chi connectivity index (χ4n) is 5.76. The van der Waals surface area contributed by atoms with Gasteiger partial charge in [-0.1, -0.05) is 39.3 Å². The zero-order valence-electron chi connectivity index (χ0n) is 15.7. The molecule has 2 nitrogen and oxygen atoms in total. The Balaban J connectivity index is 2.12. The van der Waals surface area contributed by atoms with Crippen molar-refractivity contribution in [3.63, 3.8) is 0 Å². The van der Waals surface area contributed by atoms with Gasteiger partial charge in [-0.15, -0.1) is 0 Å². The molecule has 23 heavy (non-hydrogen) atoms. The smallest absolute Gasteiger partial charge is 0.120 e. The summed E-state index contributed by atoms with van der Waals surface area (Å²) in [6.07, 6.45) is 10.1. The van der Waals surface area contributed by atoms with Crippen molar-refractivity contribution in [3.05, 3.63) is 12.2 Å². The Labute approximate surface area is 142 Å². The van der Waals surface area contributed by atoms with Crippen LogP contribution in [-0.4, -0.2) is 17.0 Å². The third kappa shape index (κ3) is 3.90. The van der Waals surface area contributed by atoms with Gasteiger partial charge in [-0.2, -0.15) is 0 Å². The summed E-state index contributed by atoms with van der Waals surface area (Å²) in [6, 6.07) is 0. The molecule has 0 heterocycles. The number of carbonyl (C=O) groups is 1. The van der Waals surface area contributed by atoms with E-state index in [1.54, 1.807) is 0 Å². The summed E-state index contributed by atoms with van der Waals surface area (Å²) in [5.74, 6) is 1.28. The van der Waals surface area contributed by atoms with Crippen molar-refractivity contribution in [2.75, 3.05) is 0 Å². The monoisotopic (exact) mass is 320 g/mol. The third-order valence-electron chi connectivity index (χ3n) is 7.09. The summed E-state index contributed by atoms with van der Waals surface area (Å²) in [5, 5.41) is 10.6. The molecule has 0 saturated heterocycles. The van der Waals surface area contributed by atoms with Crippen LogP contribution < -0.4 is 0 Å². The topological polar surface area (TPSA) is 37.3 Å².